The van der Waals surface area contributed by atoms with Crippen LogP contribution in [0.5, 0.6) is 0 Å². The third kappa shape index (κ3) is 1.26. The third-order valence-electron chi connectivity index (χ3n) is 0.998. The van der Waals surface area contributed by atoms with Crippen LogP contribution in [0, 0.1) is 0 Å². The lowest BCUT2D eigenvalue weighted by molar-refractivity contribution is 0.703. The summed E-state index contributed by atoms with van der Waals surface area (Å²) in [5.74, 6) is 1.16. The highest BCUT2D eigenvalue weighted by Gasteiger charge is 2.12. The van der Waals surface area contributed by atoms with Gasteiger partial charge in [0.15, 0.2) is 5.11 Å². The van der Waals surface area contributed by atoms with Crippen molar-refractivity contribution in [1.82, 2.24) is 4.31 Å². The summed E-state index contributed by atoms with van der Waals surface area (Å²) < 4.78 is 1.95. The normalized spacial score (nSPS) is 19.2. The van der Waals surface area contributed by atoms with Crippen LogP contribution in [-0.2, 0) is 0 Å². The monoisotopic (exact) mass is 148 g/mol. The van der Waals surface area contributed by atoms with Crippen molar-refractivity contribution in [1.29, 1.82) is 0 Å². The first-order chi connectivity index (χ1) is 3.80. The Morgan fingerprint density at radius 3 is 2.75 bits per heavy atom. The lowest BCUT2D eigenvalue weighted by Crippen LogP contribution is -2.26. The predicted octanol–water partition coefficient (Wildman–Crippen LogP) is 0.584. The van der Waals surface area contributed by atoms with E-state index in [-0.39, 0.29) is 0 Å². The summed E-state index contributed by atoms with van der Waals surface area (Å²) in [6.07, 6.45) is 1.21. The van der Waals surface area contributed by atoms with Gasteiger partial charge in [0.2, 0.25) is 0 Å². The van der Waals surface area contributed by atoms with E-state index in [2.05, 4.69) is 0 Å². The highest BCUT2D eigenvalue weighted by atomic mass is 32.2. The first kappa shape index (κ1) is 6.16. The van der Waals surface area contributed by atoms with Gasteiger partial charge in [-0.25, -0.2) is 0 Å². The van der Waals surface area contributed by atoms with E-state index in [1.165, 1.54) is 6.42 Å². The van der Waals surface area contributed by atoms with Crippen molar-refractivity contribution in [2.45, 2.75) is 6.42 Å². The molecular weight excluding hydrogens is 140 g/mol. The summed E-state index contributed by atoms with van der Waals surface area (Å²) in [4.78, 5) is 0. The summed E-state index contributed by atoms with van der Waals surface area (Å²) >= 11 is 6.46. The fourth-order valence-electron chi connectivity index (χ4n) is 0.621. The number of rotatable bonds is 0. The van der Waals surface area contributed by atoms with E-state index in [1.807, 2.05) is 4.31 Å². The zero-order valence-corrected chi connectivity index (χ0v) is 6.10. The van der Waals surface area contributed by atoms with E-state index in [0.29, 0.717) is 5.11 Å². The molecule has 2 nitrogen and oxygen atoms in total. The van der Waals surface area contributed by atoms with E-state index < -0.39 is 0 Å². The minimum atomic E-state index is 0.521. The van der Waals surface area contributed by atoms with Crippen LogP contribution in [0.3, 0.4) is 0 Å². The van der Waals surface area contributed by atoms with Crippen molar-refractivity contribution in [2.24, 2.45) is 5.73 Å². The molecule has 8 heavy (non-hydrogen) atoms. The summed E-state index contributed by atoms with van der Waals surface area (Å²) in [5, 5.41) is 0.521. The van der Waals surface area contributed by atoms with Gasteiger partial charge in [-0.05, 0) is 30.6 Å². The second-order valence-corrected chi connectivity index (χ2v) is 3.15. The van der Waals surface area contributed by atoms with Crippen LogP contribution in [0.2, 0.25) is 0 Å². The zero-order chi connectivity index (χ0) is 5.98. The highest BCUT2D eigenvalue weighted by Crippen LogP contribution is 2.18. The first-order valence-electron chi connectivity index (χ1n) is 2.50. The van der Waals surface area contributed by atoms with Gasteiger partial charge in [-0.2, -0.15) is 0 Å². The topological polar surface area (TPSA) is 29.3 Å². The summed E-state index contributed by atoms with van der Waals surface area (Å²) in [6.45, 7) is 1.03. The van der Waals surface area contributed by atoms with Gasteiger partial charge in [-0.3, -0.25) is 4.31 Å². The number of thiocarbonyl (C=S) groups is 1. The molecule has 2 N–H and O–H groups in total. The maximum Gasteiger partial charge on any atom is 0.176 e. The van der Waals surface area contributed by atoms with Gasteiger partial charge in [-0.15, -0.1) is 0 Å². The molecule has 1 saturated heterocycles. The Balaban J connectivity index is 2.35. The molecule has 1 rings (SSSR count). The van der Waals surface area contributed by atoms with Gasteiger partial charge in [0.25, 0.3) is 0 Å². The number of nitrogens with two attached hydrogens (primary N) is 1. The van der Waals surface area contributed by atoms with E-state index in [4.69, 9.17) is 18.0 Å². The fourth-order valence-corrected chi connectivity index (χ4v) is 1.73. The van der Waals surface area contributed by atoms with Crippen molar-refractivity contribution in [3.63, 3.8) is 0 Å². The first-order valence-corrected chi connectivity index (χ1v) is 3.85. The van der Waals surface area contributed by atoms with Crippen LogP contribution in [0.4, 0.5) is 0 Å². The molecule has 0 aliphatic carbocycles. The molecule has 1 aliphatic rings. The van der Waals surface area contributed by atoms with E-state index in [1.54, 1.807) is 11.9 Å². The molecule has 0 aromatic carbocycles. The number of hydrogen-bond acceptors (Lipinski definition) is 2. The molecular formula is C4H8N2S2. The van der Waals surface area contributed by atoms with E-state index in [0.717, 1.165) is 12.3 Å². The maximum absolute atomic E-state index is 5.33. The second kappa shape index (κ2) is 2.55. The number of hydrogen-bond donors (Lipinski definition) is 1. The van der Waals surface area contributed by atoms with Crippen LogP contribution in [0.25, 0.3) is 0 Å². The zero-order valence-electron chi connectivity index (χ0n) is 4.46. The van der Waals surface area contributed by atoms with Crippen molar-refractivity contribution >= 4 is 29.3 Å². The van der Waals surface area contributed by atoms with E-state index in [9.17, 15) is 0 Å². The Morgan fingerprint density at radius 1 is 1.75 bits per heavy atom. The van der Waals surface area contributed by atoms with Gasteiger partial charge in [0.1, 0.15) is 0 Å². The van der Waals surface area contributed by atoms with Crippen molar-refractivity contribution < 1.29 is 0 Å². The molecule has 0 amide bonds. The average Bonchev–Trinajstić information content (AvgIpc) is 2.12. The molecule has 0 bridgehead atoms. The van der Waals surface area contributed by atoms with Crippen LogP contribution < -0.4 is 5.73 Å². The summed E-state index contributed by atoms with van der Waals surface area (Å²) in [5.41, 5.74) is 5.33. The maximum atomic E-state index is 5.33. The van der Waals surface area contributed by atoms with E-state index >= 15 is 0 Å². The quantitative estimate of drug-likeness (QED) is 0.402. The molecule has 1 heterocycles. The summed E-state index contributed by atoms with van der Waals surface area (Å²) in [6, 6.07) is 0. The van der Waals surface area contributed by atoms with Gasteiger partial charge in [0.05, 0.1) is 0 Å². The van der Waals surface area contributed by atoms with Crippen molar-refractivity contribution in [3.8, 4) is 0 Å². The van der Waals surface area contributed by atoms with Crippen LogP contribution in [0.15, 0.2) is 0 Å². The highest BCUT2D eigenvalue weighted by molar-refractivity contribution is 7.98. The molecule has 46 valence electrons. The van der Waals surface area contributed by atoms with Gasteiger partial charge >= 0.3 is 0 Å². The Kier molecular flexibility index (Phi) is 1.96. The molecule has 0 atom stereocenters. The summed E-state index contributed by atoms with van der Waals surface area (Å²) in [7, 11) is 0. The molecule has 0 saturated carbocycles. The van der Waals surface area contributed by atoms with Gasteiger partial charge in [-0.1, -0.05) is 0 Å². The minimum absolute atomic E-state index is 0.521. The molecule has 1 fully saturated rings. The predicted molar refractivity (Wildman–Crippen MR) is 40.6 cm³/mol. The Labute approximate surface area is 58.5 Å². The van der Waals surface area contributed by atoms with Crippen LogP contribution in [-0.4, -0.2) is 21.7 Å². The molecule has 0 aromatic rings. The third-order valence-corrected chi connectivity index (χ3v) is 2.50. The largest absolute Gasteiger partial charge is 0.375 e. The smallest absolute Gasteiger partial charge is 0.176 e. The Morgan fingerprint density at radius 2 is 2.50 bits per heavy atom. The van der Waals surface area contributed by atoms with Gasteiger partial charge in [0, 0.05) is 12.3 Å². The van der Waals surface area contributed by atoms with Crippen molar-refractivity contribution in [2.75, 3.05) is 12.3 Å². The van der Waals surface area contributed by atoms with Gasteiger partial charge < -0.3 is 5.73 Å². The standard InChI is InChI=1S/C4H8N2S2/c5-4(7)6-2-1-3-8-6/h1-3H2,(H2,5,7). The molecule has 4 heteroatoms. The molecule has 0 aromatic heterocycles. The SMILES string of the molecule is NC(=S)N1CCCS1. The minimum Gasteiger partial charge on any atom is -0.375 e. The fraction of sp³-hybridized carbons (Fsp3) is 0.750. The Bertz CT molecular complexity index is 98.2. The van der Waals surface area contributed by atoms with Crippen LogP contribution >= 0.6 is 24.2 Å². The Hall–Kier alpha value is 0.0400. The van der Waals surface area contributed by atoms with Crippen LogP contribution in [0.1, 0.15) is 6.42 Å². The second-order valence-electron chi connectivity index (χ2n) is 1.63. The molecule has 1 aliphatic heterocycles. The molecule has 0 spiro atoms. The molecule has 0 unspecified atom stereocenters. The molecule has 0 radical (unpaired) electrons. The van der Waals surface area contributed by atoms with Crippen molar-refractivity contribution in [3.05, 3.63) is 0 Å². The number of nitrogens with zero attached hydrogens (tertiary/aromatic N) is 1. The lowest BCUT2D eigenvalue weighted by Gasteiger charge is -2.10. The average molecular weight is 148 g/mol. The lowest BCUT2D eigenvalue weighted by atomic mass is 10.5.